The van der Waals surface area contributed by atoms with Crippen molar-refractivity contribution in [2.45, 2.75) is 6.92 Å². The smallest absolute Gasteiger partial charge is 0.289 e. The highest BCUT2D eigenvalue weighted by molar-refractivity contribution is 6.42. The molecule has 28 heavy (non-hydrogen) atoms. The Balaban J connectivity index is 1.50. The van der Waals surface area contributed by atoms with E-state index in [1.807, 2.05) is 31.2 Å². The summed E-state index contributed by atoms with van der Waals surface area (Å²) in [6.07, 6.45) is 1.63. The molecule has 4 aromatic rings. The van der Waals surface area contributed by atoms with Gasteiger partial charge in [0, 0.05) is 27.7 Å². The van der Waals surface area contributed by atoms with Gasteiger partial charge < -0.3 is 4.98 Å². The molecule has 0 aliphatic heterocycles. The molecule has 0 bridgehead atoms. The van der Waals surface area contributed by atoms with Crippen LogP contribution in [0.1, 0.15) is 21.7 Å². The molecule has 0 atom stereocenters. The van der Waals surface area contributed by atoms with Gasteiger partial charge in [-0.3, -0.25) is 9.89 Å². The van der Waals surface area contributed by atoms with E-state index < -0.39 is 5.91 Å². The number of aromatic amines is 2. The Morgan fingerprint density at radius 2 is 1.96 bits per heavy atom. The highest BCUT2D eigenvalue weighted by atomic mass is 35.5. The third-order valence-corrected chi connectivity index (χ3v) is 5.08. The number of benzene rings is 2. The van der Waals surface area contributed by atoms with Gasteiger partial charge in [-0.2, -0.15) is 10.2 Å². The zero-order valence-corrected chi connectivity index (χ0v) is 16.3. The number of aromatic nitrogens is 3. The molecule has 0 unspecified atom stereocenters. The minimum atomic E-state index is -0.396. The number of carbonyl (C=O) groups excluding carboxylic acids is 1. The van der Waals surface area contributed by atoms with Crippen LogP contribution in [-0.4, -0.2) is 27.3 Å². The van der Waals surface area contributed by atoms with Crippen LogP contribution in [0.15, 0.2) is 53.6 Å². The number of aryl methyl sites for hydroxylation is 1. The van der Waals surface area contributed by atoms with Crippen molar-refractivity contribution in [2.24, 2.45) is 5.10 Å². The number of nitrogens with one attached hydrogen (secondary N) is 3. The first kappa shape index (κ1) is 18.3. The minimum Gasteiger partial charge on any atom is -0.358 e. The van der Waals surface area contributed by atoms with Crippen molar-refractivity contribution < 1.29 is 4.79 Å². The molecule has 3 N–H and O–H groups in total. The summed E-state index contributed by atoms with van der Waals surface area (Å²) in [6.45, 7) is 1.96. The van der Waals surface area contributed by atoms with Gasteiger partial charge in [0.15, 0.2) is 0 Å². The van der Waals surface area contributed by atoms with Crippen molar-refractivity contribution in [3.63, 3.8) is 0 Å². The Morgan fingerprint density at radius 3 is 2.79 bits per heavy atom. The first-order chi connectivity index (χ1) is 13.5. The van der Waals surface area contributed by atoms with Crippen LogP contribution in [0.3, 0.4) is 0 Å². The third-order valence-electron chi connectivity index (χ3n) is 4.34. The molecule has 0 saturated heterocycles. The fourth-order valence-corrected chi connectivity index (χ4v) is 3.22. The number of hydrogen-bond acceptors (Lipinski definition) is 3. The zero-order valence-electron chi connectivity index (χ0n) is 14.8. The maximum absolute atomic E-state index is 12.3. The molecule has 2 aromatic heterocycles. The van der Waals surface area contributed by atoms with E-state index in [1.165, 1.54) is 0 Å². The lowest BCUT2D eigenvalue weighted by atomic mass is 10.1. The molecular weight excluding hydrogens is 397 g/mol. The summed E-state index contributed by atoms with van der Waals surface area (Å²) >= 11 is 12.0. The maximum atomic E-state index is 12.3. The van der Waals surface area contributed by atoms with Gasteiger partial charge in [0.25, 0.3) is 5.91 Å². The molecule has 0 spiro atoms. The predicted octanol–water partition coefficient (Wildman–Crippen LogP) is 4.94. The Labute approximate surface area is 170 Å². The quantitative estimate of drug-likeness (QED) is 0.328. The van der Waals surface area contributed by atoms with E-state index in [4.69, 9.17) is 23.2 Å². The fourth-order valence-electron chi connectivity index (χ4n) is 2.92. The summed E-state index contributed by atoms with van der Waals surface area (Å²) in [5.74, 6) is -0.396. The summed E-state index contributed by atoms with van der Waals surface area (Å²) in [5.41, 5.74) is 7.06. The van der Waals surface area contributed by atoms with Gasteiger partial charge in [-0.05, 0) is 31.2 Å². The lowest BCUT2D eigenvalue weighted by molar-refractivity contribution is 0.0950. The molecule has 0 fully saturated rings. The Morgan fingerprint density at radius 1 is 1.14 bits per heavy atom. The van der Waals surface area contributed by atoms with E-state index in [2.05, 4.69) is 25.7 Å². The largest absolute Gasteiger partial charge is 0.358 e. The SMILES string of the molecule is Cc1[nH]c2ccccc2c1/C=N\NC(=O)c1cc(-c2ccc(Cl)c(Cl)c2)n[nH]1. The summed E-state index contributed by atoms with van der Waals surface area (Å²) in [6, 6.07) is 14.7. The molecule has 0 radical (unpaired) electrons. The molecule has 8 heteroatoms. The van der Waals surface area contributed by atoms with Crippen LogP contribution in [0.4, 0.5) is 0 Å². The minimum absolute atomic E-state index is 0.286. The lowest BCUT2D eigenvalue weighted by Gasteiger charge is -1.99. The number of nitrogens with zero attached hydrogens (tertiary/aromatic N) is 2. The average molecular weight is 412 g/mol. The monoisotopic (exact) mass is 411 g/mol. The first-order valence-corrected chi connectivity index (χ1v) is 9.20. The summed E-state index contributed by atoms with van der Waals surface area (Å²) in [7, 11) is 0. The number of carbonyl (C=O) groups is 1. The molecule has 0 aliphatic carbocycles. The van der Waals surface area contributed by atoms with Gasteiger partial charge in [0.2, 0.25) is 0 Å². The number of para-hydroxylation sites is 1. The van der Waals surface area contributed by atoms with E-state index in [0.29, 0.717) is 15.7 Å². The second-order valence-electron chi connectivity index (χ2n) is 6.20. The molecule has 2 aromatic carbocycles. The molecule has 0 aliphatic rings. The van der Waals surface area contributed by atoms with Gasteiger partial charge in [0.05, 0.1) is 22.0 Å². The zero-order chi connectivity index (χ0) is 19.7. The summed E-state index contributed by atoms with van der Waals surface area (Å²) < 4.78 is 0. The van der Waals surface area contributed by atoms with E-state index in [1.54, 1.807) is 30.5 Å². The highest BCUT2D eigenvalue weighted by Gasteiger charge is 2.12. The number of halogens is 2. The Kier molecular flexibility index (Phi) is 4.90. The predicted molar refractivity (Wildman–Crippen MR) is 112 cm³/mol. The first-order valence-electron chi connectivity index (χ1n) is 8.44. The Hall–Kier alpha value is -3.09. The van der Waals surface area contributed by atoms with Crippen LogP contribution in [-0.2, 0) is 0 Å². The van der Waals surface area contributed by atoms with Crippen molar-refractivity contribution in [3.8, 4) is 11.3 Å². The maximum Gasteiger partial charge on any atom is 0.289 e. The van der Waals surface area contributed by atoms with Gasteiger partial charge in [-0.1, -0.05) is 47.5 Å². The second kappa shape index (κ2) is 7.50. The number of amides is 1. The lowest BCUT2D eigenvalue weighted by Crippen LogP contribution is -2.18. The van der Waals surface area contributed by atoms with Crippen LogP contribution >= 0.6 is 23.2 Å². The van der Waals surface area contributed by atoms with E-state index in [-0.39, 0.29) is 5.69 Å². The molecule has 1 amide bonds. The highest BCUT2D eigenvalue weighted by Crippen LogP contribution is 2.27. The standard InChI is InChI=1S/C20H15Cl2N5O/c1-11-14(13-4-2-3-5-17(13)24-11)10-23-27-20(28)19-9-18(25-26-19)12-6-7-15(21)16(22)8-12/h2-10,24H,1H3,(H,25,26)(H,27,28)/b23-10-. The number of fused-ring (bicyclic) bond motifs is 1. The van der Waals surface area contributed by atoms with Crippen molar-refractivity contribution in [2.75, 3.05) is 0 Å². The molecule has 6 nitrogen and oxygen atoms in total. The van der Waals surface area contributed by atoms with Gasteiger partial charge in [-0.25, -0.2) is 5.43 Å². The van der Waals surface area contributed by atoms with E-state index in [9.17, 15) is 4.79 Å². The van der Waals surface area contributed by atoms with Gasteiger partial charge in [0.1, 0.15) is 5.69 Å². The van der Waals surface area contributed by atoms with Crippen LogP contribution in [0.5, 0.6) is 0 Å². The Bertz CT molecular complexity index is 1210. The molecule has 0 saturated carbocycles. The molecule has 4 rings (SSSR count). The topological polar surface area (TPSA) is 85.9 Å². The third kappa shape index (κ3) is 3.52. The normalized spacial score (nSPS) is 11.4. The van der Waals surface area contributed by atoms with Gasteiger partial charge in [-0.15, -0.1) is 0 Å². The average Bonchev–Trinajstić information content (AvgIpc) is 3.29. The van der Waals surface area contributed by atoms with Crippen LogP contribution < -0.4 is 5.43 Å². The van der Waals surface area contributed by atoms with Gasteiger partial charge >= 0.3 is 0 Å². The summed E-state index contributed by atoms with van der Waals surface area (Å²) in [5, 5.41) is 12.9. The number of hydrogen-bond donors (Lipinski definition) is 3. The summed E-state index contributed by atoms with van der Waals surface area (Å²) in [4.78, 5) is 15.6. The van der Waals surface area contributed by atoms with Crippen molar-refractivity contribution >= 4 is 46.2 Å². The van der Waals surface area contributed by atoms with Crippen LogP contribution in [0.25, 0.3) is 22.2 Å². The molecule has 140 valence electrons. The van der Waals surface area contributed by atoms with E-state index in [0.717, 1.165) is 27.7 Å². The van der Waals surface area contributed by atoms with Crippen molar-refractivity contribution in [1.82, 2.24) is 20.6 Å². The molecular formula is C20H15Cl2N5O. The van der Waals surface area contributed by atoms with Crippen LogP contribution in [0, 0.1) is 6.92 Å². The van der Waals surface area contributed by atoms with Crippen molar-refractivity contribution in [3.05, 3.63) is 75.5 Å². The van der Waals surface area contributed by atoms with E-state index >= 15 is 0 Å². The number of hydrazone groups is 1. The fraction of sp³-hybridized carbons (Fsp3) is 0.0500. The second-order valence-corrected chi connectivity index (χ2v) is 7.02. The van der Waals surface area contributed by atoms with Crippen LogP contribution in [0.2, 0.25) is 10.0 Å². The van der Waals surface area contributed by atoms with Crippen molar-refractivity contribution in [1.29, 1.82) is 0 Å². The molecule has 2 heterocycles. The number of H-pyrrole nitrogens is 2. The number of rotatable bonds is 4.